The number of hydrogen-bond acceptors (Lipinski definition) is 5. The molecule has 5 rings (SSSR count). The number of aryl methyl sites for hydroxylation is 3. The Labute approximate surface area is 193 Å². The Bertz CT molecular complexity index is 1270. The summed E-state index contributed by atoms with van der Waals surface area (Å²) in [6, 6.07) is 18.4. The molecule has 0 unspecified atom stereocenters. The van der Waals surface area contributed by atoms with Crippen LogP contribution in [0, 0.1) is 0 Å². The number of hydrogen-bond donors (Lipinski definition) is 1. The number of nitrogens with one attached hydrogen (secondary N) is 1. The van der Waals surface area contributed by atoms with Crippen LogP contribution in [0.2, 0.25) is 0 Å². The fraction of sp³-hybridized carbons (Fsp3) is 0.385. The summed E-state index contributed by atoms with van der Waals surface area (Å²) in [5, 5.41) is 13.8. The number of rotatable bonds is 7. The number of tetrazole rings is 1. The third-order valence-corrected chi connectivity index (χ3v) is 6.66. The van der Waals surface area contributed by atoms with Crippen LogP contribution in [-0.4, -0.2) is 43.2 Å². The summed E-state index contributed by atoms with van der Waals surface area (Å²) >= 11 is 0. The first-order valence-corrected chi connectivity index (χ1v) is 11.9. The Morgan fingerprint density at radius 1 is 1.00 bits per heavy atom. The molecule has 0 amide bonds. The third-order valence-electron chi connectivity index (χ3n) is 6.66. The monoisotopic (exact) mass is 442 g/mol. The summed E-state index contributed by atoms with van der Waals surface area (Å²) in [4.78, 5) is 18.8. The molecule has 1 aliphatic heterocycles. The second kappa shape index (κ2) is 9.67. The minimum Gasteiger partial charge on any atom is -0.322 e. The van der Waals surface area contributed by atoms with Gasteiger partial charge in [-0.3, -0.25) is 9.69 Å². The molecule has 0 saturated carbocycles. The van der Waals surface area contributed by atoms with Crippen molar-refractivity contribution in [3.63, 3.8) is 0 Å². The Morgan fingerprint density at radius 2 is 1.82 bits per heavy atom. The molecule has 4 aromatic rings. The van der Waals surface area contributed by atoms with Gasteiger partial charge in [0.05, 0.1) is 0 Å². The minimum absolute atomic E-state index is 0.0695. The summed E-state index contributed by atoms with van der Waals surface area (Å²) < 4.78 is 1.87. The molecule has 1 N–H and O–H groups in total. The highest BCUT2D eigenvalue weighted by atomic mass is 16.1. The molecule has 2 aromatic heterocycles. The normalized spacial score (nSPS) is 15.7. The van der Waals surface area contributed by atoms with Crippen molar-refractivity contribution in [1.29, 1.82) is 0 Å². The number of nitrogens with zero attached hydrogens (tertiary/aromatic N) is 5. The lowest BCUT2D eigenvalue weighted by molar-refractivity contribution is 0.176. The Kier molecular flexibility index (Phi) is 6.30. The van der Waals surface area contributed by atoms with Gasteiger partial charge in [-0.2, -0.15) is 0 Å². The maximum Gasteiger partial charge on any atom is 0.253 e. The molecular weight excluding hydrogens is 412 g/mol. The van der Waals surface area contributed by atoms with Gasteiger partial charge < -0.3 is 4.98 Å². The molecule has 3 heterocycles. The first-order valence-electron chi connectivity index (χ1n) is 11.9. The molecule has 33 heavy (non-hydrogen) atoms. The van der Waals surface area contributed by atoms with E-state index < -0.39 is 0 Å². The fourth-order valence-electron chi connectivity index (χ4n) is 4.82. The van der Waals surface area contributed by atoms with Gasteiger partial charge in [0.1, 0.15) is 6.04 Å². The van der Waals surface area contributed by atoms with Crippen molar-refractivity contribution >= 4 is 10.9 Å². The number of pyridine rings is 1. The smallest absolute Gasteiger partial charge is 0.253 e. The summed E-state index contributed by atoms with van der Waals surface area (Å²) in [6.07, 6.45) is 5.24. The van der Waals surface area contributed by atoms with Gasteiger partial charge in [-0.15, -0.1) is 5.10 Å². The first kappa shape index (κ1) is 21.5. The number of fused-ring (bicyclic) bond motifs is 1. The van der Waals surface area contributed by atoms with Gasteiger partial charge in [0.2, 0.25) is 0 Å². The molecule has 0 radical (unpaired) electrons. The van der Waals surface area contributed by atoms with Crippen LogP contribution < -0.4 is 5.56 Å². The summed E-state index contributed by atoms with van der Waals surface area (Å²) in [5.74, 6) is 0.740. The summed E-state index contributed by atoms with van der Waals surface area (Å²) in [7, 11) is 0. The lowest BCUT2D eigenvalue weighted by Gasteiger charge is -2.33. The van der Waals surface area contributed by atoms with Gasteiger partial charge >= 0.3 is 0 Å². The molecular formula is C26H30N6O. The van der Waals surface area contributed by atoms with Crippen LogP contribution in [0.5, 0.6) is 0 Å². The highest BCUT2D eigenvalue weighted by Gasteiger charge is 2.31. The van der Waals surface area contributed by atoms with Crippen LogP contribution in [0.3, 0.4) is 0 Å². The standard InChI is InChI=1S/C26H30N6O/c1-2-19-11-12-23-21(17-19)18-22(26(33)27-23)24(31-14-7-4-8-15-31)25-28-29-30-32(25)16-13-20-9-5-3-6-10-20/h3,5-6,9-12,17-18,24H,2,4,7-8,13-16H2,1H3,(H,27,33)/t24-/m1/s1. The topological polar surface area (TPSA) is 79.7 Å². The zero-order chi connectivity index (χ0) is 22.6. The average Bonchev–Trinajstić information content (AvgIpc) is 3.32. The fourth-order valence-corrected chi connectivity index (χ4v) is 4.82. The predicted octanol–water partition coefficient (Wildman–Crippen LogP) is 3.90. The second-order valence-electron chi connectivity index (χ2n) is 8.82. The predicted molar refractivity (Wildman–Crippen MR) is 129 cm³/mol. The van der Waals surface area contributed by atoms with Crippen LogP contribution >= 0.6 is 0 Å². The Balaban J connectivity index is 1.56. The van der Waals surface area contributed by atoms with Crippen molar-refractivity contribution in [1.82, 2.24) is 30.1 Å². The lowest BCUT2D eigenvalue weighted by atomic mass is 9.99. The molecule has 0 bridgehead atoms. The van der Waals surface area contributed by atoms with Crippen molar-refractivity contribution in [2.24, 2.45) is 0 Å². The molecule has 1 fully saturated rings. The van der Waals surface area contributed by atoms with Crippen molar-refractivity contribution in [3.8, 4) is 0 Å². The second-order valence-corrected chi connectivity index (χ2v) is 8.82. The van der Waals surface area contributed by atoms with E-state index in [1.807, 2.05) is 35.0 Å². The SMILES string of the molecule is CCc1ccc2[nH]c(=O)c([C@H](c3nnnn3CCc3ccccc3)N3CCCCC3)cc2c1. The number of aromatic nitrogens is 5. The van der Waals surface area contributed by atoms with E-state index in [1.165, 1.54) is 17.5 Å². The molecule has 1 atom stereocenters. The van der Waals surface area contributed by atoms with Gasteiger partial charge in [0.25, 0.3) is 5.56 Å². The lowest BCUT2D eigenvalue weighted by Crippen LogP contribution is -2.38. The molecule has 7 heteroatoms. The first-order chi connectivity index (χ1) is 16.2. The van der Waals surface area contributed by atoms with E-state index in [9.17, 15) is 4.79 Å². The zero-order valence-electron chi connectivity index (χ0n) is 19.1. The molecule has 2 aromatic carbocycles. The van der Waals surface area contributed by atoms with Crippen LogP contribution in [0.1, 0.15) is 54.7 Å². The molecule has 0 aliphatic carbocycles. The number of benzene rings is 2. The number of H-pyrrole nitrogens is 1. The van der Waals surface area contributed by atoms with Crippen molar-refractivity contribution in [3.05, 3.63) is 87.5 Å². The number of aromatic amines is 1. The highest BCUT2D eigenvalue weighted by molar-refractivity contribution is 5.80. The molecule has 0 spiro atoms. The van der Waals surface area contributed by atoms with E-state index in [0.29, 0.717) is 12.1 Å². The molecule has 1 saturated heterocycles. The van der Waals surface area contributed by atoms with Gasteiger partial charge in [-0.25, -0.2) is 4.68 Å². The van der Waals surface area contributed by atoms with E-state index >= 15 is 0 Å². The van der Waals surface area contributed by atoms with E-state index in [1.54, 1.807) is 0 Å². The Hall–Kier alpha value is -3.32. The van der Waals surface area contributed by atoms with Gasteiger partial charge in [-0.1, -0.05) is 49.7 Å². The van der Waals surface area contributed by atoms with Crippen molar-refractivity contribution in [2.45, 2.75) is 51.6 Å². The van der Waals surface area contributed by atoms with E-state index in [-0.39, 0.29) is 11.6 Å². The number of likely N-dealkylation sites (tertiary alicyclic amines) is 1. The van der Waals surface area contributed by atoms with E-state index in [4.69, 9.17) is 0 Å². The van der Waals surface area contributed by atoms with Gasteiger partial charge in [0.15, 0.2) is 5.82 Å². The van der Waals surface area contributed by atoms with Crippen LogP contribution in [-0.2, 0) is 19.4 Å². The van der Waals surface area contributed by atoms with Crippen LogP contribution in [0.4, 0.5) is 0 Å². The highest BCUT2D eigenvalue weighted by Crippen LogP contribution is 2.29. The third kappa shape index (κ3) is 4.59. The Morgan fingerprint density at radius 3 is 2.61 bits per heavy atom. The zero-order valence-corrected chi connectivity index (χ0v) is 19.1. The van der Waals surface area contributed by atoms with Gasteiger partial charge in [-0.05, 0) is 83.9 Å². The quantitative estimate of drug-likeness (QED) is 0.470. The van der Waals surface area contributed by atoms with Crippen LogP contribution in [0.15, 0.2) is 59.4 Å². The molecule has 1 aliphatic rings. The van der Waals surface area contributed by atoms with Crippen molar-refractivity contribution in [2.75, 3.05) is 13.1 Å². The van der Waals surface area contributed by atoms with Crippen molar-refractivity contribution < 1.29 is 0 Å². The van der Waals surface area contributed by atoms with Crippen LogP contribution in [0.25, 0.3) is 10.9 Å². The summed E-state index contributed by atoms with van der Waals surface area (Å²) in [6.45, 7) is 4.68. The number of piperidine rings is 1. The maximum absolute atomic E-state index is 13.3. The molecule has 7 nitrogen and oxygen atoms in total. The van der Waals surface area contributed by atoms with Gasteiger partial charge in [0, 0.05) is 17.6 Å². The maximum atomic E-state index is 13.3. The molecule has 170 valence electrons. The largest absolute Gasteiger partial charge is 0.322 e. The average molecular weight is 443 g/mol. The minimum atomic E-state index is -0.269. The van der Waals surface area contributed by atoms with E-state index in [2.05, 4.69) is 56.6 Å². The van der Waals surface area contributed by atoms with E-state index in [0.717, 1.165) is 55.5 Å². The summed E-state index contributed by atoms with van der Waals surface area (Å²) in [5.41, 5.74) is 4.00.